The van der Waals surface area contributed by atoms with Crippen LogP contribution in [0.25, 0.3) is 10.9 Å². The monoisotopic (exact) mass is 299 g/mol. The minimum atomic E-state index is -0.311. The van der Waals surface area contributed by atoms with E-state index >= 15 is 0 Å². The van der Waals surface area contributed by atoms with Gasteiger partial charge >= 0.3 is 0 Å². The number of hydrazone groups is 1. The first-order valence-corrected chi connectivity index (χ1v) is 6.70. The van der Waals surface area contributed by atoms with E-state index in [9.17, 15) is 4.39 Å². The van der Waals surface area contributed by atoms with Crippen molar-refractivity contribution in [3.8, 4) is 0 Å². The standard InChI is InChI=1S/C16H11ClFN3/c17-14-4-2-1-3-11(14)10-20-21-16-7-8-19-15-6-5-12(18)9-13(15)16/h1-10H,(H,19,21)/b20-10+. The number of halogens is 2. The summed E-state index contributed by atoms with van der Waals surface area (Å²) >= 11 is 6.04. The molecule has 0 atom stereocenters. The maximum absolute atomic E-state index is 13.3. The van der Waals surface area contributed by atoms with Gasteiger partial charge < -0.3 is 0 Å². The number of aromatic nitrogens is 1. The number of pyridine rings is 1. The summed E-state index contributed by atoms with van der Waals surface area (Å²) in [6, 6.07) is 13.6. The van der Waals surface area contributed by atoms with E-state index in [2.05, 4.69) is 15.5 Å². The highest BCUT2D eigenvalue weighted by molar-refractivity contribution is 6.33. The normalized spacial score (nSPS) is 11.1. The molecule has 0 saturated carbocycles. The zero-order chi connectivity index (χ0) is 14.7. The molecule has 0 fully saturated rings. The second kappa shape index (κ2) is 5.89. The van der Waals surface area contributed by atoms with E-state index in [0.29, 0.717) is 21.6 Å². The van der Waals surface area contributed by atoms with Crippen molar-refractivity contribution in [3.63, 3.8) is 0 Å². The van der Waals surface area contributed by atoms with Crippen LogP contribution >= 0.6 is 11.6 Å². The third kappa shape index (κ3) is 3.01. The summed E-state index contributed by atoms with van der Waals surface area (Å²) in [5.41, 5.74) is 5.08. The van der Waals surface area contributed by atoms with Crippen LogP contribution in [0.5, 0.6) is 0 Å². The van der Waals surface area contributed by atoms with Gasteiger partial charge in [0.05, 0.1) is 17.4 Å². The van der Waals surface area contributed by atoms with Crippen molar-refractivity contribution in [1.82, 2.24) is 4.98 Å². The fourth-order valence-corrected chi connectivity index (χ4v) is 2.15. The van der Waals surface area contributed by atoms with Crippen LogP contribution in [0, 0.1) is 5.82 Å². The Morgan fingerprint density at radius 2 is 2.00 bits per heavy atom. The molecule has 1 N–H and O–H groups in total. The van der Waals surface area contributed by atoms with Gasteiger partial charge in [-0.05, 0) is 30.3 Å². The van der Waals surface area contributed by atoms with Crippen LogP contribution in [0.15, 0.2) is 59.8 Å². The largest absolute Gasteiger partial charge is 0.278 e. The van der Waals surface area contributed by atoms with Gasteiger partial charge in [-0.15, -0.1) is 0 Å². The Morgan fingerprint density at radius 3 is 2.86 bits per heavy atom. The Balaban J connectivity index is 1.89. The lowest BCUT2D eigenvalue weighted by atomic mass is 10.2. The lowest BCUT2D eigenvalue weighted by Gasteiger charge is -2.05. The topological polar surface area (TPSA) is 37.3 Å². The van der Waals surface area contributed by atoms with Crippen LogP contribution in [0.1, 0.15) is 5.56 Å². The van der Waals surface area contributed by atoms with Gasteiger partial charge in [-0.25, -0.2) is 4.39 Å². The van der Waals surface area contributed by atoms with Gasteiger partial charge in [0.15, 0.2) is 0 Å². The smallest absolute Gasteiger partial charge is 0.124 e. The molecule has 3 aromatic rings. The molecule has 0 aliphatic carbocycles. The third-order valence-corrected chi connectivity index (χ3v) is 3.34. The summed E-state index contributed by atoms with van der Waals surface area (Å²) in [6.07, 6.45) is 3.27. The summed E-state index contributed by atoms with van der Waals surface area (Å²) in [7, 11) is 0. The highest BCUT2D eigenvalue weighted by atomic mass is 35.5. The number of rotatable bonds is 3. The van der Waals surface area contributed by atoms with Gasteiger partial charge in [-0.1, -0.05) is 29.8 Å². The number of nitrogens with one attached hydrogen (secondary N) is 1. The highest BCUT2D eigenvalue weighted by Gasteiger charge is 2.02. The summed E-state index contributed by atoms with van der Waals surface area (Å²) in [5, 5.41) is 5.44. The minimum Gasteiger partial charge on any atom is -0.278 e. The highest BCUT2D eigenvalue weighted by Crippen LogP contribution is 2.22. The molecule has 3 nitrogen and oxygen atoms in total. The molecular weight excluding hydrogens is 289 g/mol. The fraction of sp³-hybridized carbons (Fsp3) is 0. The zero-order valence-corrected chi connectivity index (χ0v) is 11.7. The van der Waals surface area contributed by atoms with E-state index in [1.54, 1.807) is 30.6 Å². The number of hydrogen-bond acceptors (Lipinski definition) is 3. The van der Waals surface area contributed by atoms with E-state index in [0.717, 1.165) is 5.56 Å². The van der Waals surface area contributed by atoms with Crippen molar-refractivity contribution in [1.29, 1.82) is 0 Å². The van der Waals surface area contributed by atoms with Crippen molar-refractivity contribution in [2.45, 2.75) is 0 Å². The van der Waals surface area contributed by atoms with Crippen molar-refractivity contribution < 1.29 is 4.39 Å². The maximum atomic E-state index is 13.3. The maximum Gasteiger partial charge on any atom is 0.124 e. The van der Waals surface area contributed by atoms with Crippen LogP contribution in [-0.2, 0) is 0 Å². The molecule has 0 aliphatic rings. The first kappa shape index (κ1) is 13.5. The second-order valence-electron chi connectivity index (χ2n) is 4.41. The van der Waals surface area contributed by atoms with Crippen LogP contribution in [-0.4, -0.2) is 11.2 Å². The molecule has 0 amide bonds. The van der Waals surface area contributed by atoms with Crippen molar-refractivity contribution in [2.24, 2.45) is 5.10 Å². The first-order valence-electron chi connectivity index (χ1n) is 6.32. The summed E-state index contributed by atoms with van der Waals surface area (Å²) in [6.45, 7) is 0. The van der Waals surface area contributed by atoms with Crippen molar-refractivity contribution in [2.75, 3.05) is 5.43 Å². The SMILES string of the molecule is Fc1ccc2nccc(N/N=C/c3ccccc3Cl)c2c1. The minimum absolute atomic E-state index is 0.311. The van der Waals surface area contributed by atoms with Gasteiger partial charge in [0.25, 0.3) is 0 Å². The lowest BCUT2D eigenvalue weighted by Crippen LogP contribution is -1.93. The number of hydrogen-bond donors (Lipinski definition) is 1. The van der Waals surface area contributed by atoms with Gasteiger partial charge in [0.2, 0.25) is 0 Å². The fourth-order valence-electron chi connectivity index (χ4n) is 1.97. The average molecular weight is 300 g/mol. The van der Waals surface area contributed by atoms with Crippen LogP contribution in [0.3, 0.4) is 0 Å². The van der Waals surface area contributed by atoms with E-state index in [-0.39, 0.29) is 5.82 Å². The number of fused-ring (bicyclic) bond motifs is 1. The molecule has 1 aromatic heterocycles. The molecule has 3 rings (SSSR count). The predicted octanol–water partition coefficient (Wildman–Crippen LogP) is 4.47. The van der Waals surface area contributed by atoms with E-state index < -0.39 is 0 Å². The van der Waals surface area contributed by atoms with Crippen LogP contribution < -0.4 is 5.43 Å². The molecule has 21 heavy (non-hydrogen) atoms. The first-order chi connectivity index (χ1) is 10.2. The average Bonchev–Trinajstić information content (AvgIpc) is 2.49. The van der Waals surface area contributed by atoms with Gasteiger partial charge in [0, 0.05) is 22.2 Å². The van der Waals surface area contributed by atoms with Crippen LogP contribution in [0.4, 0.5) is 10.1 Å². The summed E-state index contributed by atoms with van der Waals surface area (Å²) < 4.78 is 13.3. The van der Waals surface area contributed by atoms with Gasteiger partial charge in [0.1, 0.15) is 5.82 Å². The molecular formula is C16H11ClFN3. The molecule has 104 valence electrons. The molecule has 0 radical (unpaired) electrons. The van der Waals surface area contributed by atoms with Crippen LogP contribution in [0.2, 0.25) is 5.02 Å². The molecule has 0 bridgehead atoms. The van der Waals surface area contributed by atoms with Crippen molar-refractivity contribution >= 4 is 34.4 Å². The Labute approximate surface area is 126 Å². The molecule has 0 aliphatic heterocycles. The number of nitrogens with zero attached hydrogens (tertiary/aromatic N) is 2. The van der Waals surface area contributed by atoms with E-state index in [4.69, 9.17) is 11.6 Å². The van der Waals surface area contributed by atoms with Crippen molar-refractivity contribution in [3.05, 3.63) is 71.1 Å². The predicted molar refractivity (Wildman–Crippen MR) is 84.4 cm³/mol. The molecule has 0 saturated heterocycles. The Hall–Kier alpha value is -2.46. The second-order valence-corrected chi connectivity index (χ2v) is 4.82. The molecule has 5 heteroatoms. The van der Waals surface area contributed by atoms with Gasteiger partial charge in [-0.3, -0.25) is 10.4 Å². The molecule has 1 heterocycles. The summed E-state index contributed by atoms with van der Waals surface area (Å²) in [4.78, 5) is 4.18. The Bertz CT molecular complexity index is 817. The van der Waals surface area contributed by atoms with Gasteiger partial charge in [-0.2, -0.15) is 5.10 Å². The Kier molecular flexibility index (Phi) is 3.79. The Morgan fingerprint density at radius 1 is 1.14 bits per heavy atom. The zero-order valence-electron chi connectivity index (χ0n) is 10.9. The third-order valence-electron chi connectivity index (χ3n) is 3.00. The van der Waals surface area contributed by atoms with E-state index in [1.165, 1.54) is 12.1 Å². The molecule has 0 unspecified atom stereocenters. The summed E-state index contributed by atoms with van der Waals surface area (Å²) in [5.74, 6) is -0.311. The lowest BCUT2D eigenvalue weighted by molar-refractivity contribution is 0.629. The molecule has 2 aromatic carbocycles. The number of anilines is 1. The quantitative estimate of drug-likeness (QED) is 0.572. The van der Waals surface area contributed by atoms with E-state index in [1.807, 2.05) is 18.2 Å². The molecule has 0 spiro atoms. The number of benzene rings is 2.